The first-order valence-electron chi connectivity index (χ1n) is 11.4. The van der Waals surface area contributed by atoms with Crippen molar-refractivity contribution in [3.63, 3.8) is 0 Å². The largest absolute Gasteiger partial charge is 0.339 e. The van der Waals surface area contributed by atoms with Crippen LogP contribution in [0.15, 0.2) is 35.3 Å². The molecule has 1 saturated heterocycles. The predicted molar refractivity (Wildman–Crippen MR) is 122 cm³/mol. The molecule has 31 heavy (non-hydrogen) atoms. The fourth-order valence-electron chi connectivity index (χ4n) is 4.47. The molecule has 7 nitrogen and oxygen atoms in total. The molecule has 0 bridgehead atoms. The second kappa shape index (κ2) is 8.21. The number of aromatic nitrogens is 3. The molecule has 1 aliphatic carbocycles. The third kappa shape index (κ3) is 4.09. The number of rotatable bonds is 5. The van der Waals surface area contributed by atoms with Gasteiger partial charge in [0, 0.05) is 37.1 Å². The van der Waals surface area contributed by atoms with Crippen LogP contribution in [0.2, 0.25) is 0 Å². The molecule has 3 heterocycles. The van der Waals surface area contributed by atoms with Crippen LogP contribution in [0.1, 0.15) is 54.4 Å². The maximum atomic E-state index is 13.0. The standard InChI is InChI=1S/C24H29N5O2/c1-16-14-18(8-9-19(16)24(31)28-12-4-2-3-5-13-28)26-22-21-20(10-11-25-23(21)30)29(27-22)15-17-6-7-17/h8-11,14,17H,2-7,12-13,15H2,1H3,(H,25,30)(H,26,27). The molecular formula is C24H29N5O2. The van der Waals surface area contributed by atoms with Gasteiger partial charge in [-0.1, -0.05) is 12.8 Å². The highest BCUT2D eigenvalue weighted by molar-refractivity contribution is 5.96. The molecule has 5 rings (SSSR count). The number of aryl methyl sites for hydroxylation is 1. The van der Waals surface area contributed by atoms with Gasteiger partial charge in [0.25, 0.3) is 11.5 Å². The van der Waals surface area contributed by atoms with Gasteiger partial charge in [0.15, 0.2) is 5.82 Å². The number of nitrogens with one attached hydrogen (secondary N) is 2. The lowest BCUT2D eigenvalue weighted by atomic mass is 10.1. The van der Waals surface area contributed by atoms with Crippen LogP contribution in [-0.2, 0) is 6.54 Å². The van der Waals surface area contributed by atoms with Gasteiger partial charge in [0.1, 0.15) is 5.39 Å². The molecule has 2 aromatic heterocycles. The first-order valence-corrected chi connectivity index (χ1v) is 11.4. The highest BCUT2D eigenvalue weighted by Gasteiger charge is 2.25. The molecule has 7 heteroatoms. The van der Waals surface area contributed by atoms with Crippen molar-refractivity contribution in [1.29, 1.82) is 0 Å². The number of fused-ring (bicyclic) bond motifs is 1. The van der Waals surface area contributed by atoms with Gasteiger partial charge in [0.05, 0.1) is 5.52 Å². The van der Waals surface area contributed by atoms with E-state index in [1.165, 1.54) is 25.7 Å². The SMILES string of the molecule is Cc1cc(Nc2nn(CC3CC3)c3cc[nH]c(=O)c23)ccc1C(=O)N1CCCCCC1. The monoisotopic (exact) mass is 419 g/mol. The van der Waals surface area contributed by atoms with E-state index in [9.17, 15) is 9.59 Å². The van der Waals surface area contributed by atoms with Gasteiger partial charge < -0.3 is 15.2 Å². The summed E-state index contributed by atoms with van der Waals surface area (Å²) in [6.07, 6.45) is 8.67. The zero-order chi connectivity index (χ0) is 21.4. The topological polar surface area (TPSA) is 83.0 Å². The van der Waals surface area contributed by atoms with Gasteiger partial charge in [0.2, 0.25) is 0 Å². The summed E-state index contributed by atoms with van der Waals surface area (Å²) < 4.78 is 1.94. The van der Waals surface area contributed by atoms with Crippen molar-refractivity contribution in [2.45, 2.75) is 52.0 Å². The van der Waals surface area contributed by atoms with Crippen molar-refractivity contribution in [2.75, 3.05) is 18.4 Å². The van der Waals surface area contributed by atoms with Gasteiger partial charge >= 0.3 is 0 Å². The van der Waals surface area contributed by atoms with Crippen LogP contribution in [-0.4, -0.2) is 38.7 Å². The van der Waals surface area contributed by atoms with E-state index in [-0.39, 0.29) is 11.5 Å². The summed E-state index contributed by atoms with van der Waals surface area (Å²) in [6.45, 7) is 4.48. The summed E-state index contributed by atoms with van der Waals surface area (Å²) in [5, 5.41) is 8.60. The Kier molecular flexibility index (Phi) is 5.26. The lowest BCUT2D eigenvalue weighted by Crippen LogP contribution is -2.32. The number of likely N-dealkylation sites (tertiary alicyclic amines) is 1. The van der Waals surface area contributed by atoms with Crippen LogP contribution in [0, 0.1) is 12.8 Å². The average Bonchev–Trinajstić information content (AvgIpc) is 3.54. The number of aromatic amines is 1. The Hall–Kier alpha value is -3.09. The van der Waals surface area contributed by atoms with Crippen LogP contribution in [0.5, 0.6) is 0 Å². The number of hydrogen-bond donors (Lipinski definition) is 2. The molecule has 0 unspecified atom stereocenters. The molecule has 1 amide bonds. The molecule has 2 aliphatic rings. The van der Waals surface area contributed by atoms with E-state index in [1.807, 2.05) is 40.8 Å². The minimum Gasteiger partial charge on any atom is -0.339 e. The van der Waals surface area contributed by atoms with E-state index < -0.39 is 0 Å². The predicted octanol–water partition coefficient (Wildman–Crippen LogP) is 4.20. The number of carbonyl (C=O) groups is 1. The molecule has 162 valence electrons. The van der Waals surface area contributed by atoms with Crippen LogP contribution < -0.4 is 10.9 Å². The smallest absolute Gasteiger partial charge is 0.261 e. The van der Waals surface area contributed by atoms with E-state index >= 15 is 0 Å². The highest BCUT2D eigenvalue weighted by Crippen LogP contribution is 2.33. The molecule has 0 atom stereocenters. The highest BCUT2D eigenvalue weighted by atomic mass is 16.2. The van der Waals surface area contributed by atoms with E-state index in [2.05, 4.69) is 10.3 Å². The van der Waals surface area contributed by atoms with E-state index in [0.29, 0.717) is 17.1 Å². The number of carbonyl (C=O) groups excluding carboxylic acids is 1. The van der Waals surface area contributed by atoms with Crippen LogP contribution in [0.3, 0.4) is 0 Å². The first kappa shape index (κ1) is 19.8. The minimum atomic E-state index is -0.147. The molecule has 0 radical (unpaired) electrons. The second-order valence-corrected chi connectivity index (χ2v) is 8.90. The fraction of sp³-hybridized carbons (Fsp3) is 0.458. The Balaban J connectivity index is 1.41. The number of H-pyrrole nitrogens is 1. The number of nitrogens with zero attached hydrogens (tertiary/aromatic N) is 3. The van der Waals surface area contributed by atoms with Gasteiger partial charge in [-0.2, -0.15) is 5.10 Å². The molecule has 1 saturated carbocycles. The zero-order valence-corrected chi connectivity index (χ0v) is 18.0. The zero-order valence-electron chi connectivity index (χ0n) is 18.0. The molecule has 3 aromatic rings. The summed E-state index contributed by atoms with van der Waals surface area (Å²) in [5.74, 6) is 1.33. The summed E-state index contributed by atoms with van der Waals surface area (Å²) in [4.78, 5) is 30.3. The maximum Gasteiger partial charge on any atom is 0.261 e. The van der Waals surface area contributed by atoms with Crippen LogP contribution in [0.25, 0.3) is 10.9 Å². The number of benzene rings is 1. The van der Waals surface area contributed by atoms with Gasteiger partial charge in [-0.05, 0) is 68.4 Å². The Morgan fingerprint density at radius 1 is 1.16 bits per heavy atom. The fourth-order valence-corrected chi connectivity index (χ4v) is 4.47. The Morgan fingerprint density at radius 2 is 1.94 bits per heavy atom. The van der Waals surface area contributed by atoms with Crippen molar-refractivity contribution in [3.05, 3.63) is 51.9 Å². The summed E-state index contributed by atoms with van der Waals surface area (Å²) in [5.41, 5.74) is 3.20. The Bertz CT molecular complexity index is 1170. The van der Waals surface area contributed by atoms with Gasteiger partial charge in [-0.15, -0.1) is 0 Å². The molecule has 1 aromatic carbocycles. The molecular weight excluding hydrogens is 390 g/mol. The van der Waals surface area contributed by atoms with Crippen LogP contribution >= 0.6 is 0 Å². The third-order valence-corrected chi connectivity index (χ3v) is 6.42. The third-order valence-electron chi connectivity index (χ3n) is 6.42. The lowest BCUT2D eigenvalue weighted by molar-refractivity contribution is 0.0761. The first-order chi connectivity index (χ1) is 15.1. The van der Waals surface area contributed by atoms with Crippen molar-refractivity contribution in [3.8, 4) is 0 Å². The van der Waals surface area contributed by atoms with Crippen LogP contribution in [0.4, 0.5) is 11.5 Å². The van der Waals surface area contributed by atoms with E-state index in [1.54, 1.807) is 6.20 Å². The number of pyridine rings is 1. The van der Waals surface area contributed by atoms with Crippen molar-refractivity contribution >= 4 is 28.3 Å². The molecule has 1 aliphatic heterocycles. The van der Waals surface area contributed by atoms with Crippen molar-refractivity contribution < 1.29 is 4.79 Å². The van der Waals surface area contributed by atoms with Crippen molar-refractivity contribution in [1.82, 2.24) is 19.7 Å². The van der Waals surface area contributed by atoms with Gasteiger partial charge in [-0.25, -0.2) is 0 Å². The molecule has 2 fully saturated rings. The number of anilines is 2. The maximum absolute atomic E-state index is 13.0. The summed E-state index contributed by atoms with van der Waals surface area (Å²) in [6, 6.07) is 7.67. The average molecular weight is 420 g/mol. The minimum absolute atomic E-state index is 0.113. The molecule has 2 N–H and O–H groups in total. The second-order valence-electron chi connectivity index (χ2n) is 8.90. The quantitative estimate of drug-likeness (QED) is 0.649. The Morgan fingerprint density at radius 3 is 2.65 bits per heavy atom. The summed E-state index contributed by atoms with van der Waals surface area (Å²) in [7, 11) is 0. The van der Waals surface area contributed by atoms with Crippen molar-refractivity contribution in [2.24, 2.45) is 5.92 Å². The Labute approximate surface area is 181 Å². The number of hydrogen-bond acceptors (Lipinski definition) is 4. The van der Waals surface area contributed by atoms with E-state index in [0.717, 1.165) is 54.8 Å². The lowest BCUT2D eigenvalue weighted by Gasteiger charge is -2.21. The number of amides is 1. The summed E-state index contributed by atoms with van der Waals surface area (Å²) >= 11 is 0. The van der Waals surface area contributed by atoms with Gasteiger partial charge in [-0.3, -0.25) is 14.3 Å². The molecule has 0 spiro atoms. The van der Waals surface area contributed by atoms with E-state index in [4.69, 9.17) is 5.10 Å². The normalized spacial score (nSPS) is 17.0.